The van der Waals surface area contributed by atoms with E-state index in [1.807, 2.05) is 54.6 Å². The lowest BCUT2D eigenvalue weighted by Gasteiger charge is -2.33. The summed E-state index contributed by atoms with van der Waals surface area (Å²) in [5, 5.41) is 2.85. The summed E-state index contributed by atoms with van der Waals surface area (Å²) in [4.78, 5) is 28.4. The molecular weight excluding hydrogens is 594 g/mol. The molecule has 11 heteroatoms. The molecule has 8 nitrogen and oxygen atoms in total. The fourth-order valence-corrected chi connectivity index (χ4v) is 5.52. The number of anilines is 1. The van der Waals surface area contributed by atoms with Crippen molar-refractivity contribution in [3.8, 4) is 5.75 Å². The van der Waals surface area contributed by atoms with Crippen molar-refractivity contribution >= 4 is 55.1 Å². The van der Waals surface area contributed by atoms with Crippen LogP contribution in [0.15, 0.2) is 77.3 Å². The van der Waals surface area contributed by atoms with Crippen molar-refractivity contribution in [3.05, 3.63) is 93.4 Å². The zero-order valence-corrected chi connectivity index (χ0v) is 24.4. The van der Waals surface area contributed by atoms with Gasteiger partial charge in [0.2, 0.25) is 21.8 Å². The number of methoxy groups -OCH3 is 1. The van der Waals surface area contributed by atoms with Crippen LogP contribution in [0.5, 0.6) is 5.75 Å². The number of amides is 2. The van der Waals surface area contributed by atoms with E-state index in [0.717, 1.165) is 26.2 Å². The Hall–Kier alpha value is -3.08. The molecule has 0 bridgehead atoms. The summed E-state index contributed by atoms with van der Waals surface area (Å²) < 4.78 is 32.6. The van der Waals surface area contributed by atoms with Gasteiger partial charge in [0, 0.05) is 24.5 Å². The van der Waals surface area contributed by atoms with E-state index < -0.39 is 28.5 Å². The predicted octanol–water partition coefficient (Wildman–Crippen LogP) is 4.26. The van der Waals surface area contributed by atoms with Gasteiger partial charge in [-0.2, -0.15) is 0 Å². The molecule has 0 aliphatic carbocycles. The summed E-state index contributed by atoms with van der Waals surface area (Å²) in [5.41, 5.74) is 1.83. The number of carbonyl (C=O) groups excluding carboxylic acids is 2. The van der Waals surface area contributed by atoms with Gasteiger partial charge in [0.25, 0.3) is 0 Å². The smallest absolute Gasteiger partial charge is 0.244 e. The van der Waals surface area contributed by atoms with Crippen LogP contribution < -0.4 is 14.4 Å². The largest absolute Gasteiger partial charge is 0.495 e. The monoisotopic (exact) mass is 621 g/mol. The standard InChI is InChI=1S/C27H29BrClN3O5S/c1-30-27(34)24(15-19-8-5-4-6-9-19)31(17-20-10-7-11-21(28)14-20)26(33)18-32(38(3,35)36)22-12-13-25(37-2)23(29)16-22/h4-14,16,24H,15,17-18H2,1-3H3,(H,30,34)/t24-/m0/s1. The highest BCUT2D eigenvalue weighted by molar-refractivity contribution is 9.10. The molecule has 38 heavy (non-hydrogen) atoms. The molecule has 0 spiro atoms. The van der Waals surface area contributed by atoms with Crippen molar-refractivity contribution in [1.82, 2.24) is 10.2 Å². The Kier molecular flexibility index (Phi) is 10.2. The Morgan fingerprint density at radius 3 is 2.29 bits per heavy atom. The molecule has 0 saturated heterocycles. The van der Waals surface area contributed by atoms with Crippen molar-refractivity contribution < 1.29 is 22.7 Å². The van der Waals surface area contributed by atoms with E-state index in [1.54, 1.807) is 0 Å². The number of carbonyl (C=O) groups is 2. The van der Waals surface area contributed by atoms with Gasteiger partial charge in [-0.05, 0) is 41.5 Å². The second-order valence-corrected chi connectivity index (χ2v) is 11.8. The average Bonchev–Trinajstić information content (AvgIpc) is 2.88. The van der Waals surface area contributed by atoms with Gasteiger partial charge in [0.05, 0.1) is 24.1 Å². The van der Waals surface area contributed by atoms with Crippen LogP contribution in [-0.4, -0.2) is 58.1 Å². The molecule has 202 valence electrons. The topological polar surface area (TPSA) is 96.0 Å². The van der Waals surface area contributed by atoms with Crippen LogP contribution in [0.1, 0.15) is 11.1 Å². The summed E-state index contributed by atoms with van der Waals surface area (Å²) in [7, 11) is -0.942. The van der Waals surface area contributed by atoms with Crippen LogP contribution in [0, 0.1) is 0 Å². The minimum Gasteiger partial charge on any atom is -0.495 e. The van der Waals surface area contributed by atoms with Crippen LogP contribution >= 0.6 is 27.5 Å². The SMILES string of the molecule is CNC(=O)[C@H](Cc1ccccc1)N(Cc1cccc(Br)c1)C(=O)CN(c1ccc(OC)c(Cl)c1)S(C)(=O)=O. The van der Waals surface area contributed by atoms with E-state index in [9.17, 15) is 18.0 Å². The molecule has 0 saturated carbocycles. The van der Waals surface area contributed by atoms with Crippen LogP contribution in [0.2, 0.25) is 5.02 Å². The third-order valence-electron chi connectivity index (χ3n) is 5.86. The van der Waals surface area contributed by atoms with Crippen LogP contribution in [-0.2, 0) is 32.6 Å². The Labute approximate surface area is 236 Å². The third-order valence-corrected chi connectivity index (χ3v) is 7.79. The summed E-state index contributed by atoms with van der Waals surface area (Å²) in [5.74, 6) is -0.545. The Bertz CT molecular complexity index is 1390. The van der Waals surface area contributed by atoms with E-state index in [0.29, 0.717) is 5.75 Å². The molecule has 3 aromatic carbocycles. The quantitative estimate of drug-likeness (QED) is 0.345. The first-order chi connectivity index (χ1) is 18.0. The molecule has 0 fully saturated rings. The molecule has 1 atom stereocenters. The first-order valence-corrected chi connectivity index (χ1v) is 14.7. The maximum Gasteiger partial charge on any atom is 0.244 e. The molecule has 0 unspecified atom stereocenters. The fraction of sp³-hybridized carbons (Fsp3) is 0.259. The molecule has 2 amide bonds. The summed E-state index contributed by atoms with van der Waals surface area (Å²) >= 11 is 9.69. The van der Waals surface area contributed by atoms with Crippen LogP contribution in [0.4, 0.5) is 5.69 Å². The van der Waals surface area contributed by atoms with Crippen molar-refractivity contribution in [3.63, 3.8) is 0 Å². The maximum atomic E-state index is 13.9. The molecule has 3 aromatic rings. The minimum absolute atomic E-state index is 0.0875. The maximum absolute atomic E-state index is 13.9. The second-order valence-electron chi connectivity index (χ2n) is 8.56. The highest BCUT2D eigenvalue weighted by Gasteiger charge is 2.32. The number of hydrogen-bond acceptors (Lipinski definition) is 5. The zero-order valence-electron chi connectivity index (χ0n) is 21.2. The second kappa shape index (κ2) is 13.1. The van der Waals surface area contributed by atoms with Gasteiger partial charge < -0.3 is 15.0 Å². The number of nitrogens with one attached hydrogen (secondary N) is 1. The number of nitrogens with zero attached hydrogens (tertiary/aromatic N) is 2. The van der Waals surface area contributed by atoms with Gasteiger partial charge in [-0.25, -0.2) is 8.42 Å². The normalized spacial score (nSPS) is 11.9. The highest BCUT2D eigenvalue weighted by atomic mass is 79.9. The predicted molar refractivity (Wildman–Crippen MR) is 153 cm³/mol. The highest BCUT2D eigenvalue weighted by Crippen LogP contribution is 2.30. The molecule has 0 radical (unpaired) electrons. The first-order valence-electron chi connectivity index (χ1n) is 11.6. The van der Waals surface area contributed by atoms with Crippen LogP contribution in [0.3, 0.4) is 0 Å². The van der Waals surface area contributed by atoms with Gasteiger partial charge in [0.15, 0.2) is 0 Å². The molecule has 3 rings (SSSR count). The number of benzene rings is 3. The van der Waals surface area contributed by atoms with E-state index in [1.165, 1.54) is 37.3 Å². The van der Waals surface area contributed by atoms with Gasteiger partial charge in [-0.3, -0.25) is 13.9 Å². The lowest BCUT2D eigenvalue weighted by atomic mass is 10.0. The number of hydrogen-bond donors (Lipinski definition) is 1. The molecule has 0 heterocycles. The first kappa shape index (κ1) is 29.5. The Balaban J connectivity index is 2.03. The van der Waals surface area contributed by atoms with Gasteiger partial charge >= 0.3 is 0 Å². The summed E-state index contributed by atoms with van der Waals surface area (Å²) in [6, 6.07) is 20.3. The minimum atomic E-state index is -3.89. The summed E-state index contributed by atoms with van der Waals surface area (Å²) in [6.45, 7) is -0.443. The zero-order chi connectivity index (χ0) is 27.9. The molecule has 0 aliphatic heterocycles. The number of sulfonamides is 1. The van der Waals surface area contributed by atoms with Gasteiger partial charge in [-0.1, -0.05) is 70.0 Å². The van der Waals surface area contributed by atoms with Gasteiger partial charge in [0.1, 0.15) is 18.3 Å². The van der Waals surface area contributed by atoms with Crippen molar-refractivity contribution in [2.75, 3.05) is 31.3 Å². The number of halogens is 2. The lowest BCUT2D eigenvalue weighted by molar-refractivity contribution is -0.139. The Morgan fingerprint density at radius 1 is 1.03 bits per heavy atom. The third kappa shape index (κ3) is 7.72. The van der Waals surface area contributed by atoms with Crippen molar-refractivity contribution in [2.45, 2.75) is 19.0 Å². The summed E-state index contributed by atoms with van der Waals surface area (Å²) in [6.07, 6.45) is 1.25. The molecule has 0 aliphatic rings. The van der Waals surface area contributed by atoms with Gasteiger partial charge in [-0.15, -0.1) is 0 Å². The number of rotatable bonds is 11. The molecular formula is C27H29BrClN3O5S. The Morgan fingerprint density at radius 2 is 1.71 bits per heavy atom. The molecule has 0 aromatic heterocycles. The lowest BCUT2D eigenvalue weighted by Crippen LogP contribution is -2.52. The van der Waals surface area contributed by atoms with E-state index in [2.05, 4.69) is 21.2 Å². The van der Waals surface area contributed by atoms with E-state index in [-0.39, 0.29) is 29.6 Å². The van der Waals surface area contributed by atoms with Crippen LogP contribution in [0.25, 0.3) is 0 Å². The van der Waals surface area contributed by atoms with Crippen molar-refractivity contribution in [2.24, 2.45) is 0 Å². The number of likely N-dealkylation sites (N-methyl/N-ethyl adjacent to an activating group) is 1. The van der Waals surface area contributed by atoms with E-state index >= 15 is 0 Å². The van der Waals surface area contributed by atoms with E-state index in [4.69, 9.17) is 16.3 Å². The fourth-order valence-electron chi connectivity index (χ4n) is 3.98. The number of ether oxygens (including phenoxy) is 1. The average molecular weight is 623 g/mol. The molecule has 1 N–H and O–H groups in total. The van der Waals surface area contributed by atoms with Crippen molar-refractivity contribution in [1.29, 1.82) is 0 Å².